The molecule has 2 N–H and O–H groups in total. The predicted octanol–water partition coefficient (Wildman–Crippen LogP) is 2.50. The van der Waals surface area contributed by atoms with Gasteiger partial charge in [-0.05, 0) is 25.1 Å². The molecule has 9 heteroatoms. The van der Waals surface area contributed by atoms with Gasteiger partial charge in [-0.1, -0.05) is 11.6 Å². The molecule has 1 saturated carbocycles. The van der Waals surface area contributed by atoms with Gasteiger partial charge in [0.05, 0.1) is 10.5 Å². The second-order valence-corrected chi connectivity index (χ2v) is 7.41. The largest absolute Gasteiger partial charge is 0.478 e. The van der Waals surface area contributed by atoms with E-state index < -0.39 is 50.8 Å². The average Bonchev–Trinajstić information content (AvgIpc) is 2.24. The van der Waals surface area contributed by atoms with Gasteiger partial charge in [0, 0.05) is 23.4 Å². The van der Waals surface area contributed by atoms with E-state index in [0.717, 1.165) is 12.1 Å². The first-order valence-corrected chi connectivity index (χ1v) is 7.75. The molecule has 1 aromatic rings. The summed E-state index contributed by atoms with van der Waals surface area (Å²) in [4.78, 5) is 10.5. The van der Waals surface area contributed by atoms with E-state index in [1.165, 1.54) is 13.0 Å². The number of hydrogen-bond acceptors (Lipinski definition) is 3. The third-order valence-electron chi connectivity index (χ3n) is 3.14. The summed E-state index contributed by atoms with van der Waals surface area (Å²) in [5.74, 6) is -4.36. The lowest BCUT2D eigenvalue weighted by Crippen LogP contribution is -2.60. The lowest BCUT2D eigenvalue weighted by Gasteiger charge is -2.44. The quantitative estimate of drug-likeness (QED) is 0.882. The Kier molecular flexibility index (Phi) is 3.76. The van der Waals surface area contributed by atoms with Crippen LogP contribution in [0.5, 0.6) is 0 Å². The highest BCUT2D eigenvalue weighted by Crippen LogP contribution is 2.46. The van der Waals surface area contributed by atoms with Gasteiger partial charge >= 0.3 is 5.97 Å². The predicted molar refractivity (Wildman–Crippen MR) is 71.3 cm³/mol. The number of carboxylic acid groups (broad SMARTS) is 1. The third-order valence-corrected chi connectivity index (χ3v) is 5.06. The van der Waals surface area contributed by atoms with Crippen LogP contribution < -0.4 is 4.72 Å². The number of nitrogens with one attached hydrogen (secondary N) is 1. The molecule has 116 valence electrons. The van der Waals surface area contributed by atoms with E-state index >= 15 is 0 Å². The second-order valence-electron chi connectivity index (χ2n) is 5.32. The Labute approximate surface area is 125 Å². The molecule has 5 nitrogen and oxygen atoms in total. The molecule has 1 aromatic carbocycles. The van der Waals surface area contributed by atoms with Gasteiger partial charge in [-0.3, -0.25) is 0 Å². The summed E-state index contributed by atoms with van der Waals surface area (Å²) in [6.45, 7) is 1.34. The van der Waals surface area contributed by atoms with E-state index in [1.807, 2.05) is 0 Å². The van der Waals surface area contributed by atoms with Crippen LogP contribution in [0.15, 0.2) is 23.1 Å². The number of alkyl halides is 2. The van der Waals surface area contributed by atoms with Crippen molar-refractivity contribution in [1.82, 2.24) is 4.72 Å². The summed E-state index contributed by atoms with van der Waals surface area (Å²) in [5.41, 5.74) is -1.78. The summed E-state index contributed by atoms with van der Waals surface area (Å²) < 4.78 is 52.5. The second kappa shape index (κ2) is 4.89. The number of carboxylic acids is 1. The molecule has 21 heavy (non-hydrogen) atoms. The first-order chi connectivity index (χ1) is 9.44. The van der Waals surface area contributed by atoms with Crippen LogP contribution in [0, 0.1) is 0 Å². The molecule has 0 heterocycles. The normalized spacial score (nSPS) is 19.8. The van der Waals surface area contributed by atoms with E-state index in [-0.39, 0.29) is 5.02 Å². The molecule has 0 bridgehead atoms. The lowest BCUT2D eigenvalue weighted by molar-refractivity contribution is -0.121. The average molecular weight is 340 g/mol. The van der Waals surface area contributed by atoms with E-state index in [1.54, 1.807) is 0 Å². The Bertz CT molecular complexity index is 697. The minimum atomic E-state index is -4.28. The number of aromatic carboxylic acids is 1. The van der Waals surface area contributed by atoms with Crippen molar-refractivity contribution in [2.45, 2.75) is 36.1 Å². The smallest absolute Gasteiger partial charge is 0.337 e. The maximum Gasteiger partial charge on any atom is 0.337 e. The Morgan fingerprint density at radius 1 is 1.38 bits per heavy atom. The zero-order valence-electron chi connectivity index (χ0n) is 10.9. The fourth-order valence-electron chi connectivity index (χ4n) is 2.44. The van der Waals surface area contributed by atoms with E-state index in [4.69, 9.17) is 16.7 Å². The van der Waals surface area contributed by atoms with Crippen molar-refractivity contribution in [3.05, 3.63) is 28.8 Å². The van der Waals surface area contributed by atoms with E-state index in [2.05, 4.69) is 4.72 Å². The van der Waals surface area contributed by atoms with Crippen molar-refractivity contribution in [3.63, 3.8) is 0 Å². The number of rotatable bonds is 4. The van der Waals surface area contributed by atoms with Crippen LogP contribution >= 0.6 is 11.6 Å². The van der Waals surface area contributed by atoms with Gasteiger partial charge in [-0.2, -0.15) is 0 Å². The van der Waals surface area contributed by atoms with Crippen LogP contribution in [0.25, 0.3) is 0 Å². The standard InChI is InChI=1S/C12H12ClF2NO4S/c1-11(5-12(14,15)6-11)16-21(19,20)9-4-7(13)2-3-8(9)10(17)18/h2-4,16H,5-6H2,1H3,(H,17,18). The summed E-state index contributed by atoms with van der Waals surface area (Å²) in [7, 11) is -4.28. The van der Waals surface area contributed by atoms with Gasteiger partial charge < -0.3 is 5.11 Å². The minimum Gasteiger partial charge on any atom is -0.478 e. The molecular formula is C12H12ClF2NO4S. The number of benzene rings is 1. The number of halogens is 3. The van der Waals surface area contributed by atoms with Crippen molar-refractivity contribution < 1.29 is 27.1 Å². The highest BCUT2D eigenvalue weighted by molar-refractivity contribution is 7.89. The Morgan fingerprint density at radius 2 is 1.95 bits per heavy atom. The highest BCUT2D eigenvalue weighted by Gasteiger charge is 2.55. The summed E-state index contributed by atoms with van der Waals surface area (Å²) >= 11 is 5.69. The SMILES string of the molecule is CC1(NS(=O)(=O)c2cc(Cl)ccc2C(=O)O)CC(F)(F)C1. The molecule has 1 fully saturated rings. The maximum absolute atomic E-state index is 12.9. The zero-order valence-corrected chi connectivity index (χ0v) is 12.4. The number of sulfonamides is 1. The molecule has 0 radical (unpaired) electrons. The van der Waals surface area contributed by atoms with Crippen LogP contribution in [-0.4, -0.2) is 31.0 Å². The van der Waals surface area contributed by atoms with Crippen LogP contribution in [-0.2, 0) is 10.0 Å². The van der Waals surface area contributed by atoms with Gasteiger partial charge in [0.15, 0.2) is 0 Å². The van der Waals surface area contributed by atoms with Crippen molar-refractivity contribution >= 4 is 27.6 Å². The first kappa shape index (κ1) is 16.1. The molecule has 1 aliphatic carbocycles. The monoisotopic (exact) mass is 339 g/mol. The minimum absolute atomic E-state index is 0.0319. The Morgan fingerprint density at radius 3 is 2.43 bits per heavy atom. The molecule has 0 aromatic heterocycles. The van der Waals surface area contributed by atoms with Crippen molar-refractivity contribution in [3.8, 4) is 0 Å². The van der Waals surface area contributed by atoms with Gasteiger partial charge in [0.1, 0.15) is 0 Å². The summed E-state index contributed by atoms with van der Waals surface area (Å²) in [5, 5.41) is 9.05. The topological polar surface area (TPSA) is 83.5 Å². The Balaban J connectivity index is 2.37. The highest BCUT2D eigenvalue weighted by atomic mass is 35.5. The van der Waals surface area contributed by atoms with Gasteiger partial charge in [0.2, 0.25) is 10.0 Å². The van der Waals surface area contributed by atoms with Gasteiger partial charge in [0.25, 0.3) is 5.92 Å². The van der Waals surface area contributed by atoms with Crippen LogP contribution in [0.1, 0.15) is 30.1 Å². The van der Waals surface area contributed by atoms with Crippen molar-refractivity contribution in [1.29, 1.82) is 0 Å². The molecule has 1 aliphatic rings. The molecule has 0 amide bonds. The van der Waals surface area contributed by atoms with Gasteiger partial charge in [-0.15, -0.1) is 0 Å². The van der Waals surface area contributed by atoms with E-state index in [9.17, 15) is 22.0 Å². The van der Waals surface area contributed by atoms with Crippen LogP contribution in [0.2, 0.25) is 5.02 Å². The molecule has 0 saturated heterocycles. The molecular weight excluding hydrogens is 328 g/mol. The van der Waals surface area contributed by atoms with Crippen LogP contribution in [0.4, 0.5) is 8.78 Å². The summed E-state index contributed by atoms with van der Waals surface area (Å²) in [6.07, 6.45) is -1.27. The maximum atomic E-state index is 12.9. The third kappa shape index (κ3) is 3.33. The first-order valence-electron chi connectivity index (χ1n) is 5.89. The van der Waals surface area contributed by atoms with Crippen molar-refractivity contribution in [2.75, 3.05) is 0 Å². The van der Waals surface area contributed by atoms with Gasteiger partial charge in [-0.25, -0.2) is 26.7 Å². The lowest BCUT2D eigenvalue weighted by atomic mass is 9.76. The fraction of sp³-hybridized carbons (Fsp3) is 0.417. The number of hydrogen-bond donors (Lipinski definition) is 2. The van der Waals surface area contributed by atoms with Crippen LogP contribution in [0.3, 0.4) is 0 Å². The fourth-order valence-corrected chi connectivity index (χ4v) is 4.30. The number of carbonyl (C=O) groups is 1. The zero-order chi connectivity index (χ0) is 16.1. The summed E-state index contributed by atoms with van der Waals surface area (Å²) in [6, 6.07) is 3.27. The van der Waals surface area contributed by atoms with E-state index in [0.29, 0.717) is 0 Å². The molecule has 0 unspecified atom stereocenters. The molecule has 0 spiro atoms. The molecule has 0 atom stereocenters. The Hall–Kier alpha value is -1.25. The molecule has 0 aliphatic heterocycles. The van der Waals surface area contributed by atoms with Crippen molar-refractivity contribution in [2.24, 2.45) is 0 Å². The molecule has 2 rings (SSSR count).